The van der Waals surface area contributed by atoms with Gasteiger partial charge in [-0.05, 0) is 19.8 Å². The Hall–Kier alpha value is -0.860. The average molecular weight is 207 g/mol. The van der Waals surface area contributed by atoms with Gasteiger partial charge in [0.2, 0.25) is 0 Å². The van der Waals surface area contributed by atoms with E-state index in [9.17, 15) is 0 Å². The Bertz CT molecular complexity index is 322. The maximum Gasteiger partial charge on any atom is 0.135 e. The maximum absolute atomic E-state index is 4.30. The molecule has 1 aromatic rings. The fraction of sp³-hybridized carbons (Fsp3) is 0.833. The summed E-state index contributed by atoms with van der Waals surface area (Å²) in [6, 6.07) is 0.658. The van der Waals surface area contributed by atoms with Crippen molar-refractivity contribution in [2.24, 2.45) is 0 Å². The lowest BCUT2D eigenvalue weighted by molar-refractivity contribution is 0.338. The van der Waals surface area contributed by atoms with Crippen LogP contribution in [0.15, 0.2) is 0 Å². The Kier molecular flexibility index (Phi) is 3.08. The molecule has 0 saturated heterocycles. The van der Waals surface area contributed by atoms with Crippen LogP contribution >= 0.6 is 0 Å². The van der Waals surface area contributed by atoms with Crippen molar-refractivity contribution < 1.29 is 0 Å². The lowest BCUT2D eigenvalue weighted by Crippen LogP contribution is -2.17. The lowest BCUT2D eigenvalue weighted by atomic mass is 9.95. The van der Waals surface area contributed by atoms with Gasteiger partial charge < -0.3 is 4.57 Å². The minimum absolute atomic E-state index is 0.480. The first kappa shape index (κ1) is 10.7. The summed E-state index contributed by atoms with van der Waals surface area (Å²) in [6.45, 7) is 6.47. The number of hydrogen-bond acceptors (Lipinski definition) is 2. The summed E-state index contributed by atoms with van der Waals surface area (Å²) in [6.07, 6.45) is 6.73. The largest absolute Gasteiger partial charge is 0.312 e. The van der Waals surface area contributed by atoms with E-state index in [0.29, 0.717) is 12.0 Å². The van der Waals surface area contributed by atoms with Gasteiger partial charge in [0, 0.05) is 12.0 Å². The predicted molar refractivity (Wildman–Crippen MR) is 61.0 cm³/mol. The molecule has 1 aliphatic rings. The van der Waals surface area contributed by atoms with Gasteiger partial charge in [0.25, 0.3) is 0 Å². The molecule has 0 aromatic carbocycles. The normalized spacial score (nSPS) is 18.7. The van der Waals surface area contributed by atoms with Gasteiger partial charge >= 0.3 is 0 Å². The molecule has 1 aliphatic carbocycles. The molecule has 3 heteroatoms. The van der Waals surface area contributed by atoms with Gasteiger partial charge in [0.1, 0.15) is 11.6 Å². The monoisotopic (exact) mass is 207 g/mol. The number of hydrogen-bond donors (Lipinski definition) is 0. The highest BCUT2D eigenvalue weighted by Crippen LogP contribution is 2.31. The number of aryl methyl sites for hydroxylation is 1. The molecular weight excluding hydrogens is 186 g/mol. The van der Waals surface area contributed by atoms with E-state index in [-0.39, 0.29) is 0 Å². The Balaban J connectivity index is 2.28. The molecule has 0 atom stereocenters. The zero-order chi connectivity index (χ0) is 10.8. The third-order valence-corrected chi connectivity index (χ3v) is 3.35. The maximum atomic E-state index is 4.30. The van der Waals surface area contributed by atoms with Crippen LogP contribution in [-0.2, 0) is 0 Å². The number of nitrogens with zero attached hydrogens (tertiary/aromatic N) is 3. The summed E-state index contributed by atoms with van der Waals surface area (Å²) in [5.74, 6) is 2.73. The van der Waals surface area contributed by atoms with Crippen LogP contribution in [0.4, 0.5) is 0 Å². The smallest absolute Gasteiger partial charge is 0.135 e. The van der Waals surface area contributed by atoms with E-state index in [4.69, 9.17) is 0 Å². The molecule has 1 heterocycles. The second-order valence-corrected chi connectivity index (χ2v) is 4.92. The van der Waals surface area contributed by atoms with Gasteiger partial charge in [-0.1, -0.05) is 33.1 Å². The topological polar surface area (TPSA) is 30.7 Å². The Morgan fingerprint density at radius 1 is 1.13 bits per heavy atom. The molecule has 0 amide bonds. The van der Waals surface area contributed by atoms with E-state index in [1.807, 2.05) is 0 Å². The summed E-state index contributed by atoms with van der Waals surface area (Å²) >= 11 is 0. The number of rotatable bonds is 2. The molecular formula is C12H21N3. The quantitative estimate of drug-likeness (QED) is 0.745. The summed E-state index contributed by atoms with van der Waals surface area (Å²) in [7, 11) is 0. The molecule has 15 heavy (non-hydrogen) atoms. The van der Waals surface area contributed by atoms with Crippen LogP contribution in [0.2, 0.25) is 0 Å². The first-order valence-electron chi connectivity index (χ1n) is 6.11. The molecule has 0 unspecified atom stereocenters. The van der Waals surface area contributed by atoms with E-state index >= 15 is 0 Å². The molecule has 0 aliphatic heterocycles. The molecule has 0 bridgehead atoms. The van der Waals surface area contributed by atoms with Crippen molar-refractivity contribution in [1.82, 2.24) is 14.8 Å². The molecule has 0 spiro atoms. The first-order valence-corrected chi connectivity index (χ1v) is 6.11. The highest BCUT2D eigenvalue weighted by Gasteiger charge is 2.21. The molecule has 2 rings (SSSR count). The summed E-state index contributed by atoms with van der Waals surface area (Å²) in [5.41, 5.74) is 0. The summed E-state index contributed by atoms with van der Waals surface area (Å²) < 4.78 is 2.38. The van der Waals surface area contributed by atoms with Crippen molar-refractivity contribution in [1.29, 1.82) is 0 Å². The Morgan fingerprint density at radius 2 is 1.80 bits per heavy atom. The second-order valence-electron chi connectivity index (χ2n) is 4.92. The zero-order valence-electron chi connectivity index (χ0n) is 10.0. The fourth-order valence-electron chi connectivity index (χ4n) is 2.57. The van der Waals surface area contributed by atoms with Gasteiger partial charge in [-0.15, -0.1) is 10.2 Å². The van der Waals surface area contributed by atoms with Gasteiger partial charge in [-0.2, -0.15) is 0 Å². The van der Waals surface area contributed by atoms with Crippen LogP contribution in [0.1, 0.15) is 69.6 Å². The van der Waals surface area contributed by atoms with Gasteiger partial charge in [-0.3, -0.25) is 0 Å². The van der Waals surface area contributed by atoms with Crippen LogP contribution in [0, 0.1) is 6.92 Å². The Labute approximate surface area is 91.9 Å². The first-order chi connectivity index (χ1) is 7.20. The molecule has 1 fully saturated rings. The van der Waals surface area contributed by atoms with Crippen molar-refractivity contribution in [3.63, 3.8) is 0 Å². The van der Waals surface area contributed by atoms with Crippen LogP contribution in [0.25, 0.3) is 0 Å². The van der Waals surface area contributed by atoms with E-state index in [2.05, 4.69) is 35.5 Å². The van der Waals surface area contributed by atoms with Crippen molar-refractivity contribution in [2.45, 2.75) is 64.8 Å². The average Bonchev–Trinajstić information content (AvgIpc) is 2.61. The molecule has 1 aromatic heterocycles. The van der Waals surface area contributed by atoms with Crippen molar-refractivity contribution in [2.75, 3.05) is 0 Å². The SMILES string of the molecule is Cc1nnc(C(C)C)n1C1CCCCC1. The van der Waals surface area contributed by atoms with Crippen molar-refractivity contribution in [3.05, 3.63) is 11.6 Å². The lowest BCUT2D eigenvalue weighted by Gasteiger charge is -2.26. The molecule has 3 nitrogen and oxygen atoms in total. The molecule has 84 valence electrons. The standard InChI is InChI=1S/C12H21N3/c1-9(2)12-14-13-10(3)15(12)11-7-5-4-6-8-11/h9,11H,4-8H2,1-3H3. The van der Waals surface area contributed by atoms with Crippen LogP contribution < -0.4 is 0 Å². The van der Waals surface area contributed by atoms with E-state index in [1.54, 1.807) is 0 Å². The fourth-order valence-corrected chi connectivity index (χ4v) is 2.57. The Morgan fingerprint density at radius 3 is 2.40 bits per heavy atom. The van der Waals surface area contributed by atoms with E-state index in [0.717, 1.165) is 5.82 Å². The van der Waals surface area contributed by atoms with Gasteiger partial charge in [0.05, 0.1) is 0 Å². The van der Waals surface area contributed by atoms with Crippen molar-refractivity contribution in [3.8, 4) is 0 Å². The molecule has 0 N–H and O–H groups in total. The second kappa shape index (κ2) is 4.33. The third kappa shape index (κ3) is 2.06. The van der Waals surface area contributed by atoms with Crippen LogP contribution in [0.5, 0.6) is 0 Å². The zero-order valence-corrected chi connectivity index (χ0v) is 10.0. The minimum atomic E-state index is 0.480. The predicted octanol–water partition coefficient (Wildman–Crippen LogP) is 3.22. The van der Waals surface area contributed by atoms with Gasteiger partial charge in [0.15, 0.2) is 0 Å². The van der Waals surface area contributed by atoms with Crippen LogP contribution in [-0.4, -0.2) is 14.8 Å². The molecule has 0 radical (unpaired) electrons. The summed E-state index contributed by atoms with van der Waals surface area (Å²) in [4.78, 5) is 0. The highest BCUT2D eigenvalue weighted by molar-refractivity contribution is 5.01. The van der Waals surface area contributed by atoms with Gasteiger partial charge in [-0.25, -0.2) is 0 Å². The van der Waals surface area contributed by atoms with Crippen molar-refractivity contribution >= 4 is 0 Å². The third-order valence-electron chi connectivity index (χ3n) is 3.35. The molecule has 1 saturated carbocycles. The van der Waals surface area contributed by atoms with E-state index < -0.39 is 0 Å². The summed E-state index contributed by atoms with van der Waals surface area (Å²) in [5, 5.41) is 8.53. The highest BCUT2D eigenvalue weighted by atomic mass is 15.3. The minimum Gasteiger partial charge on any atom is -0.312 e. The van der Waals surface area contributed by atoms with E-state index in [1.165, 1.54) is 37.9 Å². The number of aromatic nitrogens is 3. The van der Waals surface area contributed by atoms with Crippen LogP contribution in [0.3, 0.4) is 0 Å².